The normalized spacial score (nSPS) is 21.4. The van der Waals surface area contributed by atoms with Gasteiger partial charge in [0.15, 0.2) is 0 Å². The first kappa shape index (κ1) is 91.0. The molecule has 4 aliphatic heterocycles. The molecule has 684 valence electrons. The Kier molecular flexibility index (Phi) is 26.9. The number of aromatic amines is 2. The number of allylic oxidation sites excluding steroid dienone is 2. The molecule has 4 N–H and O–H groups in total. The Morgan fingerprint density at radius 2 is 0.892 bits per heavy atom. The number of aromatic nitrogens is 4. The average molecular weight is 1850 g/mol. The molecule has 4 fully saturated rings. The maximum Gasteiger partial charge on any atom is 0.277 e. The summed E-state index contributed by atoms with van der Waals surface area (Å²) in [5.74, 6) is 0.0566. The second kappa shape index (κ2) is 38.5. The van der Waals surface area contributed by atoms with Gasteiger partial charge in [-0.3, -0.25) is 39.6 Å². The van der Waals surface area contributed by atoms with Gasteiger partial charge in [-0.05, 0) is 220 Å². The Morgan fingerprint density at radius 1 is 0.508 bits per heavy atom. The number of methoxy groups -OCH3 is 2. The topological polar surface area (TPSA) is 338 Å². The number of hydrogen-bond acceptors (Lipinski definition) is 22. The molecular formula is C98H110Cl2N12O16S2. The Morgan fingerprint density at radius 3 is 1.26 bits per heavy atom. The maximum absolute atomic E-state index is 14.1. The Labute approximate surface area is 767 Å². The number of rotatable bonds is 24. The van der Waals surface area contributed by atoms with Crippen LogP contribution in [0.4, 0.5) is 22.7 Å². The van der Waals surface area contributed by atoms with Crippen molar-refractivity contribution in [3.8, 4) is 34.5 Å². The highest BCUT2D eigenvalue weighted by atomic mass is 35.5. The number of pyridine rings is 2. The lowest BCUT2D eigenvalue weighted by Gasteiger charge is -2.39. The summed E-state index contributed by atoms with van der Waals surface area (Å²) >= 11 is 12.5. The van der Waals surface area contributed by atoms with E-state index in [1.807, 2.05) is 36.4 Å². The number of nitro benzene ring substituents is 2. The first-order valence-corrected chi connectivity index (χ1v) is 48.6. The highest BCUT2D eigenvalue weighted by molar-refractivity contribution is 7.90. The van der Waals surface area contributed by atoms with Crippen LogP contribution in [0.3, 0.4) is 0 Å². The molecule has 2 amide bonds. The molecule has 28 nitrogen and oxygen atoms in total. The number of anilines is 2. The van der Waals surface area contributed by atoms with Gasteiger partial charge in [0.25, 0.3) is 43.2 Å². The standard InChI is InChI=1S/2C49H55ClN6O8S/c2*1-49(2)16-14-34(43(27-49)32-4-8-36(50)9-5-32)29-54-18-20-55(21-19-54)37-10-13-41(46(24-37)64-39-22-33-15-17-51-47(33)52-28-39)48(57)53-65(60,61)40-25-44(56(58)59)42-23-35(30-63-45(42)26-40)31-6-11-38(62-3)12-7-31/h2*4-5,8-10,13,15,17,22,24-26,28,31,35,38H,6-7,11-12,14,16,18-21,23,27,29-30H2,1-3H3,(H,51,52)(H,53,57)/t2*31?,35-,38?/m11/s1. The van der Waals surface area contributed by atoms with E-state index in [4.69, 9.17) is 51.6 Å². The molecule has 0 spiro atoms. The Balaban J connectivity index is 0.000000182. The number of sulfonamides is 2. The zero-order valence-electron chi connectivity index (χ0n) is 74.0. The lowest BCUT2D eigenvalue weighted by molar-refractivity contribution is -0.386. The molecule has 0 radical (unpaired) electrons. The van der Waals surface area contributed by atoms with Crippen molar-refractivity contribution in [3.05, 3.63) is 233 Å². The summed E-state index contributed by atoms with van der Waals surface area (Å²) in [7, 11) is -5.82. The molecule has 2 atom stereocenters. The summed E-state index contributed by atoms with van der Waals surface area (Å²) in [4.78, 5) is 75.4. The summed E-state index contributed by atoms with van der Waals surface area (Å²) < 4.78 is 96.1. The van der Waals surface area contributed by atoms with Gasteiger partial charge in [0, 0.05) is 172 Å². The zero-order valence-corrected chi connectivity index (χ0v) is 77.1. The second-order valence-corrected chi connectivity index (χ2v) is 41.7. The fourth-order valence-electron chi connectivity index (χ4n) is 20.2. The van der Waals surface area contributed by atoms with Gasteiger partial charge in [-0.15, -0.1) is 0 Å². The summed E-state index contributed by atoms with van der Waals surface area (Å²) in [5.41, 5.74) is 11.5. The van der Waals surface area contributed by atoms with Gasteiger partial charge >= 0.3 is 0 Å². The smallest absolute Gasteiger partial charge is 0.277 e. The molecule has 8 aliphatic rings. The van der Waals surface area contributed by atoms with E-state index in [1.165, 1.54) is 57.9 Å². The molecule has 0 unspecified atom stereocenters. The first-order valence-electron chi connectivity index (χ1n) is 44.9. The number of carbonyl (C=O) groups excluding carboxylic acids is 2. The molecule has 32 heteroatoms. The molecule has 8 heterocycles. The van der Waals surface area contributed by atoms with Crippen LogP contribution in [-0.2, 0) is 42.4 Å². The van der Waals surface area contributed by atoms with Crippen LogP contribution in [0.1, 0.15) is 161 Å². The van der Waals surface area contributed by atoms with Crippen molar-refractivity contribution in [2.75, 3.05) is 103 Å². The number of nitrogens with one attached hydrogen (secondary N) is 4. The third-order valence-corrected chi connectivity index (χ3v) is 30.9. The SMILES string of the molecule is COC1CCC([C@H]2COc3cc(S(=O)(=O)NC(=O)c4ccc(N5CCN(CC6=C(c7ccc(Cl)cc7)CC(C)(C)CC6)CC5)cc4Oc4cnc5[nH]ccc5c4)cc([N+](=O)[O-])c3C2)CC1.COC1CCC([C@H]2COc3cc(S(=O)(=O)NC(=O)c4ccc(N5CCN(CC6=C(c7ccc(Cl)cc7)CC(C)(C)CC6)CC5)cc4Oc4cnc5[nH]ccc5c4)cc([N+](=O)[O-])c3C2)CC1. The quantitative estimate of drug-likeness (QED) is 0.0322. The molecule has 4 aliphatic carbocycles. The van der Waals surface area contributed by atoms with Crippen molar-refractivity contribution in [2.45, 2.75) is 152 Å². The van der Waals surface area contributed by atoms with Crippen LogP contribution in [0, 0.1) is 54.7 Å². The van der Waals surface area contributed by atoms with E-state index in [-0.39, 0.29) is 80.4 Å². The Hall–Kier alpha value is -11.0. The van der Waals surface area contributed by atoms with Crippen molar-refractivity contribution in [1.29, 1.82) is 0 Å². The van der Waals surface area contributed by atoms with E-state index in [0.29, 0.717) is 71.8 Å². The lowest BCUT2D eigenvalue weighted by Crippen LogP contribution is -2.47. The minimum atomic E-state index is -4.63. The fraction of sp³-hybridized carbons (Fsp3) is 0.429. The van der Waals surface area contributed by atoms with Crippen molar-refractivity contribution >= 4 is 111 Å². The maximum atomic E-state index is 14.1. The number of halogens is 2. The van der Waals surface area contributed by atoms with Gasteiger partial charge in [0.05, 0.1) is 79.7 Å². The number of nitro groups is 2. The molecule has 0 bridgehead atoms. The van der Waals surface area contributed by atoms with Gasteiger partial charge in [0.1, 0.15) is 45.8 Å². The van der Waals surface area contributed by atoms with E-state index in [1.54, 1.807) is 75.1 Å². The molecule has 2 saturated heterocycles. The van der Waals surface area contributed by atoms with Crippen LogP contribution in [0.2, 0.25) is 10.0 Å². The fourth-order valence-corrected chi connectivity index (χ4v) is 22.4. The number of benzene rings is 6. The highest BCUT2D eigenvalue weighted by Gasteiger charge is 2.41. The molecule has 6 aromatic carbocycles. The van der Waals surface area contributed by atoms with Crippen LogP contribution < -0.4 is 38.2 Å². The monoisotopic (exact) mass is 1840 g/mol. The number of carbonyl (C=O) groups is 2. The average Bonchev–Trinajstić information content (AvgIpc) is 0.893. The van der Waals surface area contributed by atoms with E-state index in [9.17, 15) is 46.7 Å². The summed E-state index contributed by atoms with van der Waals surface area (Å²) in [6, 6.07) is 38.4. The van der Waals surface area contributed by atoms with E-state index in [2.05, 4.69) is 101 Å². The first-order chi connectivity index (χ1) is 62.4. The van der Waals surface area contributed by atoms with Gasteiger partial charge < -0.3 is 48.2 Å². The number of ether oxygens (including phenoxy) is 6. The number of fused-ring (bicyclic) bond motifs is 4. The van der Waals surface area contributed by atoms with Gasteiger partial charge in [-0.2, -0.15) is 0 Å². The van der Waals surface area contributed by atoms with Crippen molar-refractivity contribution in [3.63, 3.8) is 0 Å². The van der Waals surface area contributed by atoms with Crippen LogP contribution in [0.5, 0.6) is 34.5 Å². The number of piperazine rings is 2. The van der Waals surface area contributed by atoms with Gasteiger partial charge in [0.2, 0.25) is 0 Å². The van der Waals surface area contributed by atoms with Gasteiger partial charge in [-0.1, -0.05) is 86.3 Å². The molecule has 2 saturated carbocycles. The molecule has 4 aromatic heterocycles. The molecule has 130 heavy (non-hydrogen) atoms. The summed E-state index contributed by atoms with van der Waals surface area (Å²) in [6.07, 6.45) is 21.6. The summed E-state index contributed by atoms with van der Waals surface area (Å²) in [5, 5.41) is 27.9. The second-order valence-electron chi connectivity index (χ2n) is 37.4. The summed E-state index contributed by atoms with van der Waals surface area (Å²) in [6.45, 7) is 17.9. The third kappa shape index (κ3) is 20.8. The minimum absolute atomic E-state index is 0.0400. The largest absolute Gasteiger partial charge is 0.493 e. The van der Waals surface area contributed by atoms with Crippen molar-refractivity contribution in [1.82, 2.24) is 39.2 Å². The zero-order chi connectivity index (χ0) is 90.9. The van der Waals surface area contributed by atoms with Crippen molar-refractivity contribution < 1.29 is 64.7 Å². The molecule has 10 aromatic rings. The van der Waals surface area contributed by atoms with Gasteiger partial charge in [-0.25, -0.2) is 36.2 Å². The number of hydrogen-bond donors (Lipinski definition) is 4. The van der Waals surface area contributed by atoms with Crippen molar-refractivity contribution in [2.24, 2.45) is 34.5 Å². The van der Waals surface area contributed by atoms with Crippen LogP contribution >= 0.6 is 23.2 Å². The van der Waals surface area contributed by atoms with Crippen LogP contribution in [0.15, 0.2) is 179 Å². The predicted octanol–water partition coefficient (Wildman–Crippen LogP) is 19.2. The van der Waals surface area contributed by atoms with E-state index >= 15 is 0 Å². The molecular weight excluding hydrogens is 1740 g/mol. The lowest BCUT2D eigenvalue weighted by atomic mass is 9.72. The number of nitrogens with zero attached hydrogens (tertiary/aromatic N) is 8. The van der Waals surface area contributed by atoms with Crippen LogP contribution in [-0.4, -0.2) is 173 Å². The predicted molar refractivity (Wildman–Crippen MR) is 501 cm³/mol. The van der Waals surface area contributed by atoms with Crippen LogP contribution in [0.25, 0.3) is 33.2 Å². The minimum Gasteiger partial charge on any atom is -0.493 e. The number of amides is 2. The number of H-pyrrole nitrogens is 2. The third-order valence-electron chi connectivity index (χ3n) is 27.7. The highest BCUT2D eigenvalue weighted by Crippen LogP contribution is 2.49. The van der Waals surface area contributed by atoms with E-state index < -0.39 is 51.5 Å². The Bertz CT molecular complexity index is 5860. The van der Waals surface area contributed by atoms with E-state index in [0.717, 1.165) is 200 Å². The molecule has 18 rings (SSSR count).